The maximum absolute atomic E-state index is 12.9. The maximum atomic E-state index is 12.9. The normalized spacial score (nSPS) is 30.0. The summed E-state index contributed by atoms with van der Waals surface area (Å²) in [5.41, 5.74) is 9.05. The van der Waals surface area contributed by atoms with Crippen molar-refractivity contribution in [3.63, 3.8) is 0 Å². The second-order valence-corrected chi connectivity index (χ2v) is 9.94. The van der Waals surface area contributed by atoms with E-state index in [1.165, 1.54) is 4.88 Å². The number of thiophene rings is 1. The van der Waals surface area contributed by atoms with Crippen molar-refractivity contribution in [1.29, 1.82) is 0 Å². The number of carbonyl (C=O) groups is 3. The van der Waals surface area contributed by atoms with Crippen molar-refractivity contribution in [1.82, 2.24) is 10.9 Å². The van der Waals surface area contributed by atoms with Crippen LogP contribution >= 0.6 is 11.3 Å². The fourth-order valence-corrected chi connectivity index (χ4v) is 6.99. The standard InChI is InChI=1S/C22H28N2O4S/c1-10(2)17-13-6-7-14(17)19(22(27)28)18(13)21(26)24-23-20(25)15-9-29-16-8-11(3)4-5-12(15)16/h9,11,13-14,18-19H,4-8H2,1-3H3,(H,23,25)(H,24,26)(H,27,28)/t11-,13-,14+,18-,19-/m1/s1. The fourth-order valence-electron chi connectivity index (χ4n) is 5.74. The third-order valence-electron chi connectivity index (χ3n) is 6.95. The highest BCUT2D eigenvalue weighted by atomic mass is 32.1. The number of nitrogens with one attached hydrogen (secondary N) is 2. The van der Waals surface area contributed by atoms with Gasteiger partial charge in [0.25, 0.3) is 5.91 Å². The maximum Gasteiger partial charge on any atom is 0.307 e. The summed E-state index contributed by atoms with van der Waals surface area (Å²) in [5.74, 6) is -2.47. The molecule has 3 N–H and O–H groups in total. The Morgan fingerprint density at radius 1 is 1.07 bits per heavy atom. The summed E-state index contributed by atoms with van der Waals surface area (Å²) >= 11 is 1.60. The Morgan fingerprint density at radius 3 is 2.41 bits per heavy atom. The number of rotatable bonds is 3. The summed E-state index contributed by atoms with van der Waals surface area (Å²) in [6.07, 6.45) is 4.59. The highest BCUT2D eigenvalue weighted by molar-refractivity contribution is 7.10. The Hall–Kier alpha value is -2.15. The van der Waals surface area contributed by atoms with Gasteiger partial charge in [-0.1, -0.05) is 18.1 Å². The average molecular weight is 417 g/mol. The molecule has 2 fully saturated rings. The number of hydrogen-bond donors (Lipinski definition) is 3. The van der Waals surface area contributed by atoms with E-state index >= 15 is 0 Å². The number of allylic oxidation sites excluding steroid dienone is 2. The zero-order valence-electron chi connectivity index (χ0n) is 17.1. The predicted molar refractivity (Wildman–Crippen MR) is 110 cm³/mol. The molecule has 1 aromatic rings. The van der Waals surface area contributed by atoms with Gasteiger partial charge in [-0.05, 0) is 69.3 Å². The van der Waals surface area contributed by atoms with Crippen LogP contribution in [0.15, 0.2) is 16.5 Å². The van der Waals surface area contributed by atoms with E-state index in [1.807, 2.05) is 19.2 Å². The number of hydrazine groups is 1. The average Bonchev–Trinajstić information content (AvgIpc) is 3.36. The summed E-state index contributed by atoms with van der Waals surface area (Å²) in [5, 5.41) is 11.6. The zero-order valence-corrected chi connectivity index (χ0v) is 17.9. The number of carboxylic acid groups (broad SMARTS) is 1. The van der Waals surface area contributed by atoms with Gasteiger partial charge in [-0.25, -0.2) is 0 Å². The molecule has 0 aromatic carbocycles. The summed E-state index contributed by atoms with van der Waals surface area (Å²) in [7, 11) is 0. The van der Waals surface area contributed by atoms with Gasteiger partial charge in [0.2, 0.25) is 5.91 Å². The van der Waals surface area contributed by atoms with E-state index in [0.29, 0.717) is 11.5 Å². The zero-order chi connectivity index (χ0) is 20.9. The summed E-state index contributed by atoms with van der Waals surface area (Å²) in [6, 6.07) is 0. The molecule has 3 aliphatic carbocycles. The Labute approximate surface area is 174 Å². The molecule has 1 heterocycles. The summed E-state index contributed by atoms with van der Waals surface area (Å²) < 4.78 is 0. The van der Waals surface area contributed by atoms with Crippen LogP contribution in [-0.2, 0) is 22.4 Å². The van der Waals surface area contributed by atoms with Crippen molar-refractivity contribution >= 4 is 29.1 Å². The molecule has 2 saturated carbocycles. The van der Waals surface area contributed by atoms with Gasteiger partial charge < -0.3 is 5.11 Å². The molecule has 1 aromatic heterocycles. The van der Waals surface area contributed by atoms with Crippen LogP contribution in [0.3, 0.4) is 0 Å². The SMILES string of the molecule is CC(C)=C1[C@H]2CC[C@@H]1[C@@H](C(=O)O)[C@@H]2C(=O)NNC(=O)c1csc2c1CC[C@@H](C)C2. The van der Waals surface area contributed by atoms with Crippen LogP contribution in [0.4, 0.5) is 0 Å². The molecule has 4 rings (SSSR count). The number of fused-ring (bicyclic) bond motifs is 3. The molecule has 2 amide bonds. The molecule has 29 heavy (non-hydrogen) atoms. The lowest BCUT2D eigenvalue weighted by Crippen LogP contribution is -2.48. The van der Waals surface area contributed by atoms with Crippen LogP contribution in [0.1, 0.15) is 60.8 Å². The third-order valence-corrected chi connectivity index (χ3v) is 8.00. The van der Waals surface area contributed by atoms with Crippen LogP contribution in [0.25, 0.3) is 0 Å². The van der Waals surface area contributed by atoms with Gasteiger partial charge >= 0.3 is 5.97 Å². The molecule has 0 spiro atoms. The van der Waals surface area contributed by atoms with Gasteiger partial charge in [0.1, 0.15) is 0 Å². The van der Waals surface area contributed by atoms with Crippen LogP contribution in [0.2, 0.25) is 0 Å². The molecule has 3 aliphatic rings. The largest absolute Gasteiger partial charge is 0.481 e. The minimum Gasteiger partial charge on any atom is -0.481 e. The molecule has 7 heteroatoms. The molecule has 2 bridgehead atoms. The number of amides is 2. The molecule has 0 radical (unpaired) electrons. The first kappa shape index (κ1) is 20.1. The Morgan fingerprint density at radius 2 is 1.76 bits per heavy atom. The second kappa shape index (κ2) is 7.59. The highest BCUT2D eigenvalue weighted by Crippen LogP contribution is 2.57. The molecular weight excluding hydrogens is 388 g/mol. The van der Waals surface area contributed by atoms with Crippen LogP contribution < -0.4 is 10.9 Å². The Bertz CT molecular complexity index is 899. The minimum absolute atomic E-state index is 0.0432. The van der Waals surface area contributed by atoms with Crippen molar-refractivity contribution in [2.24, 2.45) is 29.6 Å². The lowest BCUT2D eigenvalue weighted by molar-refractivity contribution is -0.149. The molecule has 0 saturated heterocycles. The predicted octanol–water partition coefficient (Wildman–Crippen LogP) is 3.33. The van der Waals surface area contributed by atoms with Crippen LogP contribution in [0, 0.1) is 29.6 Å². The lowest BCUT2D eigenvalue weighted by Gasteiger charge is -2.26. The van der Waals surface area contributed by atoms with Crippen molar-refractivity contribution < 1.29 is 19.5 Å². The van der Waals surface area contributed by atoms with Crippen LogP contribution in [-0.4, -0.2) is 22.9 Å². The van der Waals surface area contributed by atoms with E-state index in [9.17, 15) is 19.5 Å². The molecule has 156 valence electrons. The van der Waals surface area contributed by atoms with E-state index in [0.717, 1.165) is 48.8 Å². The fraction of sp³-hybridized carbons (Fsp3) is 0.591. The van der Waals surface area contributed by atoms with Crippen molar-refractivity contribution in [3.8, 4) is 0 Å². The minimum atomic E-state index is -0.927. The van der Waals surface area contributed by atoms with Gasteiger partial charge in [-0.15, -0.1) is 11.3 Å². The van der Waals surface area contributed by atoms with Crippen molar-refractivity contribution in [2.45, 2.75) is 52.9 Å². The molecule has 5 atom stereocenters. The summed E-state index contributed by atoms with van der Waals surface area (Å²) in [6.45, 7) is 6.20. The first-order chi connectivity index (χ1) is 13.8. The smallest absolute Gasteiger partial charge is 0.307 e. The van der Waals surface area contributed by atoms with Gasteiger partial charge in [-0.3, -0.25) is 25.2 Å². The van der Waals surface area contributed by atoms with Gasteiger partial charge in [0, 0.05) is 10.3 Å². The van der Waals surface area contributed by atoms with Gasteiger partial charge in [0.05, 0.1) is 17.4 Å². The summed E-state index contributed by atoms with van der Waals surface area (Å²) in [4.78, 5) is 38.8. The molecule has 0 aliphatic heterocycles. The van der Waals surface area contributed by atoms with Crippen molar-refractivity contribution in [3.05, 3.63) is 32.5 Å². The van der Waals surface area contributed by atoms with Crippen molar-refractivity contribution in [2.75, 3.05) is 0 Å². The highest BCUT2D eigenvalue weighted by Gasteiger charge is 2.57. The number of carbonyl (C=O) groups excluding carboxylic acids is 2. The van der Waals surface area contributed by atoms with E-state index in [1.54, 1.807) is 11.3 Å². The second-order valence-electron chi connectivity index (χ2n) is 8.98. The molecular formula is C22H28N2O4S. The molecule has 0 unspecified atom stereocenters. The van der Waals surface area contributed by atoms with Gasteiger partial charge in [0.15, 0.2) is 0 Å². The molecule has 6 nitrogen and oxygen atoms in total. The Kier molecular flexibility index (Phi) is 5.27. The number of aliphatic carboxylic acids is 1. The quantitative estimate of drug-likeness (QED) is 0.520. The lowest BCUT2D eigenvalue weighted by atomic mass is 9.79. The number of carboxylic acids is 1. The van der Waals surface area contributed by atoms with E-state index in [4.69, 9.17) is 0 Å². The number of hydrogen-bond acceptors (Lipinski definition) is 4. The first-order valence-corrected chi connectivity index (χ1v) is 11.3. The van der Waals surface area contributed by atoms with Crippen LogP contribution in [0.5, 0.6) is 0 Å². The van der Waals surface area contributed by atoms with E-state index < -0.39 is 23.7 Å². The van der Waals surface area contributed by atoms with E-state index in [-0.39, 0.29) is 17.7 Å². The monoisotopic (exact) mass is 416 g/mol. The first-order valence-electron chi connectivity index (χ1n) is 10.4. The Balaban J connectivity index is 1.47. The van der Waals surface area contributed by atoms with E-state index in [2.05, 4.69) is 17.8 Å². The third kappa shape index (κ3) is 3.39. The van der Waals surface area contributed by atoms with Gasteiger partial charge in [-0.2, -0.15) is 0 Å². The topological polar surface area (TPSA) is 95.5 Å².